The normalized spacial score (nSPS) is 32.9. The van der Waals surface area contributed by atoms with Crippen molar-refractivity contribution in [1.29, 1.82) is 0 Å². The lowest BCUT2D eigenvalue weighted by Gasteiger charge is -2.35. The lowest BCUT2D eigenvalue weighted by molar-refractivity contribution is -0.161. The summed E-state index contributed by atoms with van der Waals surface area (Å²) in [4.78, 5) is 17.7. The van der Waals surface area contributed by atoms with Gasteiger partial charge in [-0.1, -0.05) is 39.3 Å². The quantitative estimate of drug-likeness (QED) is 0.498. The molecule has 6 atom stereocenters. The summed E-state index contributed by atoms with van der Waals surface area (Å²) in [5, 5.41) is 35.4. The number of allylic oxidation sites excluding steroid dienone is 1. The zero-order chi connectivity index (χ0) is 25.6. The molecule has 0 fully saturated rings. The van der Waals surface area contributed by atoms with Crippen LogP contribution in [0.1, 0.15) is 84.3 Å². The van der Waals surface area contributed by atoms with Crippen LogP contribution in [0.25, 0.3) is 6.08 Å². The standard InChI is InChI=1S/C27H43NO5S/c1-16-9-8-10-17(2)25(31)19(4)26(32)27(6,7)23(29)14-24(30)33-22(12-11-16)18(3)13-21-15-34-20(5)28-21/h11,13,15,17,19,22-25,29-31H,8-10,12,14H2,1-7H3/t17-,19+,22-,23-,24?,25-/m0/s1. The fraction of sp³-hybridized carbons (Fsp3) is 0.704. The number of carbonyl (C=O) groups is 1. The van der Waals surface area contributed by atoms with Gasteiger partial charge in [0.1, 0.15) is 5.78 Å². The Morgan fingerprint density at radius 2 is 1.91 bits per heavy atom. The smallest absolute Gasteiger partial charge is 0.157 e. The van der Waals surface area contributed by atoms with Gasteiger partial charge in [0.25, 0.3) is 0 Å². The molecule has 0 spiro atoms. The first-order chi connectivity index (χ1) is 15.8. The predicted octanol–water partition coefficient (Wildman–Crippen LogP) is 5.06. The average molecular weight is 494 g/mol. The molecule has 1 unspecified atom stereocenters. The third-order valence-electron chi connectivity index (χ3n) is 7.15. The van der Waals surface area contributed by atoms with Crippen LogP contribution in [0.5, 0.6) is 0 Å². The molecule has 192 valence electrons. The van der Waals surface area contributed by atoms with Crippen molar-refractivity contribution in [3.8, 4) is 0 Å². The molecule has 6 nitrogen and oxygen atoms in total. The summed E-state index contributed by atoms with van der Waals surface area (Å²) in [5.41, 5.74) is 1.89. The van der Waals surface area contributed by atoms with Gasteiger partial charge < -0.3 is 20.1 Å². The second kappa shape index (κ2) is 12.5. The minimum Gasteiger partial charge on any atom is -0.392 e. The molecule has 0 saturated carbocycles. The Hall–Kier alpha value is -1.38. The highest BCUT2D eigenvalue weighted by Crippen LogP contribution is 2.33. The van der Waals surface area contributed by atoms with Crippen molar-refractivity contribution >= 4 is 23.2 Å². The van der Waals surface area contributed by atoms with E-state index in [1.807, 2.05) is 32.2 Å². The molecular formula is C27H43NO5S. The Morgan fingerprint density at radius 1 is 1.24 bits per heavy atom. The van der Waals surface area contributed by atoms with Crippen LogP contribution in [0.15, 0.2) is 22.6 Å². The van der Waals surface area contributed by atoms with Crippen LogP contribution >= 0.6 is 11.3 Å². The summed E-state index contributed by atoms with van der Waals surface area (Å²) < 4.78 is 6.00. The van der Waals surface area contributed by atoms with Crippen molar-refractivity contribution in [2.24, 2.45) is 17.3 Å². The van der Waals surface area contributed by atoms with Gasteiger partial charge in [0.15, 0.2) is 6.29 Å². The molecule has 7 heteroatoms. The molecule has 0 aromatic carbocycles. The van der Waals surface area contributed by atoms with Crippen LogP contribution < -0.4 is 0 Å². The number of Topliss-reactive ketones (excluding diaryl/α,β-unsaturated/α-hetero) is 1. The van der Waals surface area contributed by atoms with Crippen molar-refractivity contribution in [3.05, 3.63) is 33.3 Å². The van der Waals surface area contributed by atoms with Gasteiger partial charge in [-0.15, -0.1) is 11.3 Å². The zero-order valence-electron chi connectivity index (χ0n) is 21.7. The third kappa shape index (κ3) is 7.82. The van der Waals surface area contributed by atoms with E-state index in [0.29, 0.717) is 6.42 Å². The fourth-order valence-electron chi connectivity index (χ4n) is 4.54. The summed E-state index contributed by atoms with van der Waals surface area (Å²) >= 11 is 1.58. The van der Waals surface area contributed by atoms with Gasteiger partial charge in [-0.3, -0.25) is 4.79 Å². The number of aryl methyl sites for hydroxylation is 1. The van der Waals surface area contributed by atoms with Crippen LogP contribution in [-0.4, -0.2) is 50.7 Å². The van der Waals surface area contributed by atoms with Crippen molar-refractivity contribution in [2.45, 2.75) is 105 Å². The summed E-state index contributed by atoms with van der Waals surface area (Å²) in [7, 11) is 0. The van der Waals surface area contributed by atoms with Crippen LogP contribution in [0.4, 0.5) is 0 Å². The van der Waals surface area contributed by atoms with Crippen LogP contribution in [0.2, 0.25) is 0 Å². The number of aromatic nitrogens is 1. The molecule has 1 aromatic rings. The number of nitrogens with zero attached hydrogens (tertiary/aromatic N) is 1. The van der Waals surface area contributed by atoms with Gasteiger partial charge in [-0.2, -0.15) is 0 Å². The number of rotatable bonds is 2. The van der Waals surface area contributed by atoms with Gasteiger partial charge in [0.2, 0.25) is 0 Å². The largest absolute Gasteiger partial charge is 0.392 e. The van der Waals surface area contributed by atoms with E-state index >= 15 is 0 Å². The minimum atomic E-state index is -1.24. The Morgan fingerprint density at radius 3 is 2.53 bits per heavy atom. The number of aliphatic hydroxyl groups excluding tert-OH is 3. The summed E-state index contributed by atoms with van der Waals surface area (Å²) in [5.74, 6) is -0.844. The minimum absolute atomic E-state index is 0.0268. The highest BCUT2D eigenvalue weighted by molar-refractivity contribution is 7.09. The number of hydrogen-bond acceptors (Lipinski definition) is 7. The summed E-state index contributed by atoms with van der Waals surface area (Å²) in [6.07, 6.45) is 3.70. The number of carbonyl (C=O) groups excluding carboxylic acids is 1. The molecule has 2 heterocycles. The molecule has 0 radical (unpaired) electrons. The number of hydrogen-bond donors (Lipinski definition) is 3. The lowest BCUT2D eigenvalue weighted by Crippen LogP contribution is -2.46. The molecule has 0 amide bonds. The van der Waals surface area contributed by atoms with Crippen molar-refractivity contribution in [1.82, 2.24) is 4.98 Å². The molecule has 1 aliphatic rings. The van der Waals surface area contributed by atoms with Gasteiger partial charge in [-0.05, 0) is 64.0 Å². The van der Waals surface area contributed by atoms with E-state index in [-0.39, 0.29) is 24.2 Å². The number of ketones is 1. The summed E-state index contributed by atoms with van der Waals surface area (Å²) in [6, 6.07) is 0. The molecule has 3 N–H and O–H groups in total. The van der Waals surface area contributed by atoms with E-state index in [1.54, 1.807) is 32.1 Å². The molecule has 0 aliphatic carbocycles. The van der Waals surface area contributed by atoms with Gasteiger partial charge in [0.05, 0.1) is 29.0 Å². The first-order valence-electron chi connectivity index (χ1n) is 12.3. The Balaban J connectivity index is 2.32. The Kier molecular flexibility index (Phi) is 10.6. The molecule has 0 saturated heterocycles. The maximum atomic E-state index is 13.2. The van der Waals surface area contributed by atoms with E-state index < -0.39 is 29.8 Å². The SMILES string of the molecule is CC1=CC[C@@H](C(C)=Cc2csc(C)n2)OC(O)C[C@H](O)C(C)(C)C(=O)[C@H](C)[C@@H](O)[C@@H](C)CCC1. The third-order valence-corrected chi connectivity index (χ3v) is 7.95. The maximum absolute atomic E-state index is 13.2. The van der Waals surface area contributed by atoms with E-state index in [2.05, 4.69) is 18.0 Å². The van der Waals surface area contributed by atoms with Crippen LogP contribution in [0, 0.1) is 24.2 Å². The second-order valence-corrected chi connectivity index (χ2v) is 11.6. The Labute approximate surface area is 208 Å². The Bertz CT molecular complexity index is 874. The van der Waals surface area contributed by atoms with Crippen LogP contribution in [-0.2, 0) is 9.53 Å². The van der Waals surface area contributed by atoms with E-state index in [0.717, 1.165) is 35.5 Å². The topological polar surface area (TPSA) is 99.9 Å². The van der Waals surface area contributed by atoms with E-state index in [9.17, 15) is 20.1 Å². The monoisotopic (exact) mass is 493 g/mol. The zero-order valence-corrected chi connectivity index (χ0v) is 22.6. The van der Waals surface area contributed by atoms with Crippen LogP contribution in [0.3, 0.4) is 0 Å². The first kappa shape index (κ1) is 28.9. The highest BCUT2D eigenvalue weighted by Gasteiger charge is 2.42. The fourth-order valence-corrected chi connectivity index (χ4v) is 5.11. The van der Waals surface area contributed by atoms with Crippen molar-refractivity contribution in [2.75, 3.05) is 0 Å². The summed E-state index contributed by atoms with van der Waals surface area (Å²) in [6.45, 7) is 13.0. The molecular weight excluding hydrogens is 450 g/mol. The first-order valence-corrected chi connectivity index (χ1v) is 13.2. The highest BCUT2D eigenvalue weighted by atomic mass is 32.1. The van der Waals surface area contributed by atoms with Gasteiger partial charge in [0, 0.05) is 23.1 Å². The number of aliphatic hydroxyl groups is 3. The molecule has 2 rings (SSSR count). The average Bonchev–Trinajstić information content (AvgIpc) is 3.18. The lowest BCUT2D eigenvalue weighted by atomic mass is 9.73. The number of ether oxygens (including phenoxy) is 1. The molecule has 1 aromatic heterocycles. The predicted molar refractivity (Wildman–Crippen MR) is 137 cm³/mol. The van der Waals surface area contributed by atoms with E-state index in [4.69, 9.17) is 4.74 Å². The maximum Gasteiger partial charge on any atom is 0.157 e. The van der Waals surface area contributed by atoms with Crippen molar-refractivity contribution < 1.29 is 24.9 Å². The molecule has 34 heavy (non-hydrogen) atoms. The number of thiazole rings is 1. The molecule has 0 bridgehead atoms. The van der Waals surface area contributed by atoms with Gasteiger partial charge >= 0.3 is 0 Å². The van der Waals surface area contributed by atoms with E-state index in [1.165, 1.54) is 5.57 Å². The van der Waals surface area contributed by atoms with Gasteiger partial charge in [-0.25, -0.2) is 4.98 Å². The molecule has 1 aliphatic heterocycles. The second-order valence-electron chi connectivity index (χ2n) is 10.5. The van der Waals surface area contributed by atoms with Crippen molar-refractivity contribution in [3.63, 3.8) is 0 Å².